The van der Waals surface area contributed by atoms with Crippen molar-refractivity contribution in [3.8, 4) is 0 Å². The van der Waals surface area contributed by atoms with E-state index in [1.54, 1.807) is 6.07 Å². The van der Waals surface area contributed by atoms with Crippen LogP contribution in [0.25, 0.3) is 0 Å². The molecule has 0 aliphatic carbocycles. The highest BCUT2D eigenvalue weighted by atomic mass is 32.1. The summed E-state index contributed by atoms with van der Waals surface area (Å²) in [4.78, 5) is 11.0. The van der Waals surface area contributed by atoms with Gasteiger partial charge in [-0.05, 0) is 23.6 Å². The Balaban J connectivity index is 2.19. The number of rotatable bonds is 4. The number of nitrogens with two attached hydrogens (primary N) is 1. The van der Waals surface area contributed by atoms with Gasteiger partial charge in [0.1, 0.15) is 11.5 Å². The zero-order valence-electron chi connectivity index (χ0n) is 9.22. The molecule has 0 spiro atoms. The van der Waals surface area contributed by atoms with Gasteiger partial charge in [-0.3, -0.25) is 10.1 Å². The van der Waals surface area contributed by atoms with Gasteiger partial charge in [-0.2, -0.15) is 0 Å². The summed E-state index contributed by atoms with van der Waals surface area (Å²) in [5, 5.41) is 15.5. The summed E-state index contributed by atoms with van der Waals surface area (Å²) < 4.78 is 12.9. The van der Waals surface area contributed by atoms with E-state index >= 15 is 0 Å². The molecular formula is C11H10FN3O2S. The molecule has 7 heteroatoms. The minimum absolute atomic E-state index is 0.272. The average Bonchev–Trinajstić information content (AvgIpc) is 2.73. The number of anilines is 2. The molecule has 1 aromatic heterocycles. The first-order valence-electron chi connectivity index (χ1n) is 5.07. The lowest BCUT2D eigenvalue weighted by Gasteiger charge is -2.06. The largest absolute Gasteiger partial charge is 0.398 e. The van der Waals surface area contributed by atoms with E-state index in [1.165, 1.54) is 23.5 Å². The summed E-state index contributed by atoms with van der Waals surface area (Å²) in [6.07, 6.45) is 0. The fourth-order valence-corrected chi connectivity index (χ4v) is 2.21. The normalized spacial score (nSPS) is 10.3. The third-order valence-electron chi connectivity index (χ3n) is 2.38. The molecule has 2 rings (SSSR count). The van der Waals surface area contributed by atoms with E-state index in [2.05, 4.69) is 5.32 Å². The van der Waals surface area contributed by atoms with Gasteiger partial charge in [-0.25, -0.2) is 4.39 Å². The lowest BCUT2D eigenvalue weighted by molar-refractivity contribution is -0.384. The minimum atomic E-state index is -0.636. The van der Waals surface area contributed by atoms with Crippen LogP contribution in [0.1, 0.15) is 4.88 Å². The lowest BCUT2D eigenvalue weighted by Crippen LogP contribution is -2.03. The van der Waals surface area contributed by atoms with Gasteiger partial charge in [-0.1, -0.05) is 0 Å². The molecule has 0 aliphatic heterocycles. The van der Waals surface area contributed by atoms with E-state index in [0.29, 0.717) is 12.2 Å². The summed E-state index contributed by atoms with van der Waals surface area (Å²) in [6, 6.07) is 5.17. The van der Waals surface area contributed by atoms with Crippen molar-refractivity contribution in [2.45, 2.75) is 6.54 Å². The van der Waals surface area contributed by atoms with Crippen molar-refractivity contribution in [1.82, 2.24) is 0 Å². The van der Waals surface area contributed by atoms with Crippen LogP contribution in [0.3, 0.4) is 0 Å². The van der Waals surface area contributed by atoms with Crippen LogP contribution in [-0.2, 0) is 6.54 Å². The van der Waals surface area contributed by atoms with Gasteiger partial charge >= 0.3 is 0 Å². The number of hydrogen-bond donors (Lipinski definition) is 2. The SMILES string of the molecule is Nc1ccsc1CNc1ccc(F)cc1[N+](=O)[O-]. The summed E-state index contributed by atoms with van der Waals surface area (Å²) in [5.74, 6) is -0.636. The van der Waals surface area contributed by atoms with Gasteiger partial charge in [0.2, 0.25) is 0 Å². The molecule has 0 unspecified atom stereocenters. The molecule has 0 atom stereocenters. The van der Waals surface area contributed by atoms with E-state index in [4.69, 9.17) is 5.73 Å². The standard InChI is InChI=1S/C11H10FN3O2S/c12-7-1-2-9(10(5-7)15(16)17)14-6-11-8(13)3-4-18-11/h1-5,14H,6,13H2. The van der Waals surface area contributed by atoms with Crippen LogP contribution in [0.5, 0.6) is 0 Å². The number of nitro groups is 1. The van der Waals surface area contributed by atoms with Crippen molar-refractivity contribution in [2.24, 2.45) is 0 Å². The molecule has 2 aromatic rings. The molecule has 0 amide bonds. The molecule has 0 bridgehead atoms. The Kier molecular flexibility index (Phi) is 3.42. The molecule has 0 saturated heterocycles. The number of thiophene rings is 1. The quantitative estimate of drug-likeness (QED) is 0.659. The Morgan fingerprint density at radius 2 is 2.22 bits per heavy atom. The molecule has 0 radical (unpaired) electrons. The van der Waals surface area contributed by atoms with E-state index in [9.17, 15) is 14.5 Å². The van der Waals surface area contributed by atoms with Crippen LogP contribution in [-0.4, -0.2) is 4.92 Å². The number of nitro benzene ring substituents is 1. The van der Waals surface area contributed by atoms with Gasteiger partial charge in [0.25, 0.3) is 5.69 Å². The Bertz CT molecular complexity index is 585. The van der Waals surface area contributed by atoms with Crippen molar-refractivity contribution in [2.75, 3.05) is 11.1 Å². The van der Waals surface area contributed by atoms with Crippen LogP contribution in [0, 0.1) is 15.9 Å². The zero-order valence-corrected chi connectivity index (χ0v) is 10.0. The maximum atomic E-state index is 12.9. The first-order chi connectivity index (χ1) is 8.58. The van der Waals surface area contributed by atoms with Gasteiger partial charge < -0.3 is 11.1 Å². The fraction of sp³-hybridized carbons (Fsp3) is 0.0909. The van der Waals surface area contributed by atoms with Crippen molar-refractivity contribution in [3.05, 3.63) is 50.5 Å². The van der Waals surface area contributed by atoms with E-state index in [1.807, 2.05) is 5.38 Å². The highest BCUT2D eigenvalue weighted by Gasteiger charge is 2.14. The van der Waals surface area contributed by atoms with Crippen LogP contribution in [0.4, 0.5) is 21.5 Å². The topological polar surface area (TPSA) is 81.2 Å². The van der Waals surface area contributed by atoms with Gasteiger partial charge in [0.05, 0.1) is 17.5 Å². The average molecular weight is 267 g/mol. The Hall–Kier alpha value is -2.15. The predicted molar refractivity (Wildman–Crippen MR) is 69.1 cm³/mol. The molecule has 1 heterocycles. The highest BCUT2D eigenvalue weighted by Crippen LogP contribution is 2.27. The maximum absolute atomic E-state index is 12.9. The van der Waals surface area contributed by atoms with Crippen LogP contribution < -0.4 is 11.1 Å². The molecule has 0 aliphatic rings. The number of nitrogens with one attached hydrogen (secondary N) is 1. The number of hydrogen-bond acceptors (Lipinski definition) is 5. The number of nitrogens with zero attached hydrogens (tertiary/aromatic N) is 1. The van der Waals surface area contributed by atoms with E-state index in [-0.39, 0.29) is 11.4 Å². The smallest absolute Gasteiger partial charge is 0.295 e. The van der Waals surface area contributed by atoms with Crippen molar-refractivity contribution in [3.63, 3.8) is 0 Å². The van der Waals surface area contributed by atoms with Crippen molar-refractivity contribution < 1.29 is 9.31 Å². The van der Waals surface area contributed by atoms with Crippen LogP contribution in [0.2, 0.25) is 0 Å². The Morgan fingerprint density at radius 1 is 1.44 bits per heavy atom. The number of benzene rings is 1. The highest BCUT2D eigenvalue weighted by molar-refractivity contribution is 7.10. The molecule has 0 fully saturated rings. The second-order valence-corrected chi connectivity index (χ2v) is 4.57. The maximum Gasteiger partial charge on any atom is 0.295 e. The third-order valence-corrected chi connectivity index (χ3v) is 3.31. The molecule has 5 nitrogen and oxygen atoms in total. The molecule has 3 N–H and O–H groups in total. The summed E-state index contributed by atoms with van der Waals surface area (Å²) in [7, 11) is 0. The lowest BCUT2D eigenvalue weighted by atomic mass is 10.2. The van der Waals surface area contributed by atoms with Gasteiger partial charge in [0.15, 0.2) is 0 Å². The molecule has 0 saturated carbocycles. The van der Waals surface area contributed by atoms with Crippen LogP contribution >= 0.6 is 11.3 Å². The minimum Gasteiger partial charge on any atom is -0.398 e. The molecule has 18 heavy (non-hydrogen) atoms. The van der Waals surface area contributed by atoms with E-state index < -0.39 is 10.7 Å². The first-order valence-corrected chi connectivity index (χ1v) is 5.95. The number of halogens is 1. The summed E-state index contributed by atoms with van der Waals surface area (Å²) >= 11 is 1.45. The predicted octanol–water partition coefficient (Wildman–Crippen LogP) is 2.99. The zero-order chi connectivity index (χ0) is 13.1. The van der Waals surface area contributed by atoms with Gasteiger partial charge in [-0.15, -0.1) is 11.3 Å². The molecule has 1 aromatic carbocycles. The Morgan fingerprint density at radius 3 is 2.83 bits per heavy atom. The third kappa shape index (κ3) is 2.57. The second kappa shape index (κ2) is 5.01. The van der Waals surface area contributed by atoms with Crippen LogP contribution in [0.15, 0.2) is 29.6 Å². The first kappa shape index (κ1) is 12.3. The summed E-state index contributed by atoms with van der Waals surface area (Å²) in [6.45, 7) is 0.371. The second-order valence-electron chi connectivity index (χ2n) is 3.57. The molecular weight excluding hydrogens is 257 g/mol. The fourth-order valence-electron chi connectivity index (χ4n) is 1.48. The summed E-state index contributed by atoms with van der Waals surface area (Å²) in [5.41, 5.74) is 6.33. The monoisotopic (exact) mass is 267 g/mol. The molecule has 94 valence electrons. The number of nitrogen functional groups attached to an aromatic ring is 1. The van der Waals surface area contributed by atoms with E-state index in [0.717, 1.165) is 10.9 Å². The van der Waals surface area contributed by atoms with Crippen molar-refractivity contribution >= 4 is 28.4 Å². The Labute approximate surface area is 106 Å². The van der Waals surface area contributed by atoms with Gasteiger partial charge in [0, 0.05) is 10.6 Å². The van der Waals surface area contributed by atoms with Crippen molar-refractivity contribution in [1.29, 1.82) is 0 Å².